The lowest BCUT2D eigenvalue weighted by Gasteiger charge is -2.28. The Labute approximate surface area is 114 Å². The summed E-state index contributed by atoms with van der Waals surface area (Å²) in [7, 11) is 0. The molecule has 0 unspecified atom stereocenters. The van der Waals surface area contributed by atoms with Crippen LogP contribution in [0.1, 0.15) is 23.2 Å². The minimum atomic E-state index is -0.933. The predicted molar refractivity (Wildman–Crippen MR) is 74.0 cm³/mol. The molecular weight excluding hydrogens is 264 g/mol. The maximum absolute atomic E-state index is 10.9. The molecule has 100 valence electrons. The van der Waals surface area contributed by atoms with Crippen molar-refractivity contribution in [1.29, 1.82) is 0 Å². The Kier molecular flexibility index (Phi) is 3.12. The van der Waals surface area contributed by atoms with Crippen LogP contribution in [-0.4, -0.2) is 40.4 Å². The van der Waals surface area contributed by atoms with E-state index >= 15 is 0 Å². The molecule has 0 saturated carbocycles. The molecule has 2 heterocycles. The lowest BCUT2D eigenvalue weighted by Crippen LogP contribution is -2.35. The number of aromatic nitrogens is 1. The lowest BCUT2D eigenvalue weighted by atomic mass is 10.1. The second-order valence-electron chi connectivity index (χ2n) is 4.70. The Hall–Kier alpha value is -1.66. The van der Waals surface area contributed by atoms with Gasteiger partial charge in [-0.25, -0.2) is 9.78 Å². The highest BCUT2D eigenvalue weighted by Crippen LogP contribution is 2.31. The molecule has 19 heavy (non-hydrogen) atoms. The molecule has 5 nitrogen and oxygen atoms in total. The van der Waals surface area contributed by atoms with Crippen LogP contribution in [0.2, 0.25) is 0 Å². The second-order valence-corrected chi connectivity index (χ2v) is 5.71. The van der Waals surface area contributed by atoms with Gasteiger partial charge in [0.05, 0.1) is 21.9 Å². The number of aliphatic hydroxyl groups is 1. The first kappa shape index (κ1) is 12.4. The fraction of sp³-hybridized carbons (Fsp3) is 0.385. The number of carboxylic acids is 1. The molecule has 1 aliphatic heterocycles. The number of carbonyl (C=O) groups is 1. The third kappa shape index (κ3) is 2.41. The monoisotopic (exact) mass is 278 g/mol. The van der Waals surface area contributed by atoms with Gasteiger partial charge in [0.25, 0.3) is 0 Å². The predicted octanol–water partition coefficient (Wildman–Crippen LogP) is 1.96. The van der Waals surface area contributed by atoms with Gasteiger partial charge in [0.2, 0.25) is 0 Å². The van der Waals surface area contributed by atoms with Gasteiger partial charge in [-0.1, -0.05) is 11.3 Å². The van der Waals surface area contributed by atoms with Crippen LogP contribution >= 0.6 is 11.3 Å². The third-order valence-electron chi connectivity index (χ3n) is 3.36. The Bertz CT molecular complexity index is 617. The van der Waals surface area contributed by atoms with E-state index in [9.17, 15) is 9.90 Å². The summed E-state index contributed by atoms with van der Waals surface area (Å²) in [4.78, 5) is 17.6. The summed E-state index contributed by atoms with van der Waals surface area (Å²) in [5, 5.41) is 19.4. The maximum atomic E-state index is 10.9. The van der Waals surface area contributed by atoms with Gasteiger partial charge < -0.3 is 15.1 Å². The molecule has 2 N–H and O–H groups in total. The zero-order valence-corrected chi connectivity index (χ0v) is 11.1. The van der Waals surface area contributed by atoms with Gasteiger partial charge in [-0.2, -0.15) is 0 Å². The summed E-state index contributed by atoms with van der Waals surface area (Å²) in [6, 6.07) is 5.02. The number of piperidine rings is 1. The van der Waals surface area contributed by atoms with Gasteiger partial charge in [0.15, 0.2) is 5.13 Å². The van der Waals surface area contributed by atoms with E-state index in [1.54, 1.807) is 29.5 Å². The number of aromatic carboxylic acids is 1. The first-order valence-corrected chi connectivity index (χ1v) is 7.02. The van der Waals surface area contributed by atoms with Crippen molar-refractivity contribution in [2.24, 2.45) is 0 Å². The molecule has 0 amide bonds. The largest absolute Gasteiger partial charge is 0.478 e. The van der Waals surface area contributed by atoms with Crippen LogP contribution in [0.3, 0.4) is 0 Å². The van der Waals surface area contributed by atoms with Crippen molar-refractivity contribution >= 4 is 32.7 Å². The maximum Gasteiger partial charge on any atom is 0.335 e. The topological polar surface area (TPSA) is 73.7 Å². The zero-order chi connectivity index (χ0) is 13.4. The molecule has 1 aromatic carbocycles. The Balaban J connectivity index is 1.91. The van der Waals surface area contributed by atoms with Gasteiger partial charge in [0, 0.05) is 13.1 Å². The minimum Gasteiger partial charge on any atom is -0.478 e. The number of fused-ring (bicyclic) bond motifs is 1. The van der Waals surface area contributed by atoms with E-state index in [4.69, 9.17) is 5.11 Å². The molecule has 0 radical (unpaired) electrons. The van der Waals surface area contributed by atoms with Crippen LogP contribution in [0, 0.1) is 0 Å². The van der Waals surface area contributed by atoms with E-state index in [2.05, 4.69) is 9.88 Å². The quantitative estimate of drug-likeness (QED) is 0.878. The highest BCUT2D eigenvalue weighted by Gasteiger charge is 2.20. The van der Waals surface area contributed by atoms with Gasteiger partial charge in [-0.15, -0.1) is 0 Å². The SMILES string of the molecule is O=C(O)c1ccc2sc(N3CCC(O)CC3)nc2c1. The summed E-state index contributed by atoms with van der Waals surface area (Å²) >= 11 is 1.57. The molecule has 0 aliphatic carbocycles. The normalized spacial score (nSPS) is 17.0. The summed E-state index contributed by atoms with van der Waals surface area (Å²) < 4.78 is 0.992. The molecule has 2 aromatic rings. The molecule has 0 bridgehead atoms. The van der Waals surface area contributed by atoms with Crippen molar-refractivity contribution in [2.45, 2.75) is 18.9 Å². The molecule has 3 rings (SSSR count). The van der Waals surface area contributed by atoms with Crippen LogP contribution in [0.5, 0.6) is 0 Å². The molecule has 1 fully saturated rings. The summed E-state index contributed by atoms with van der Waals surface area (Å²) in [5.74, 6) is -0.933. The van der Waals surface area contributed by atoms with Crippen LogP contribution in [0.4, 0.5) is 5.13 Å². The fourth-order valence-corrected chi connectivity index (χ4v) is 3.24. The smallest absolute Gasteiger partial charge is 0.335 e. The number of thiazole rings is 1. The van der Waals surface area contributed by atoms with Crippen molar-refractivity contribution in [3.8, 4) is 0 Å². The highest BCUT2D eigenvalue weighted by molar-refractivity contribution is 7.22. The van der Waals surface area contributed by atoms with Gasteiger partial charge in [0.1, 0.15) is 0 Å². The third-order valence-corrected chi connectivity index (χ3v) is 4.46. The Morgan fingerprint density at radius 1 is 1.37 bits per heavy atom. The first-order valence-electron chi connectivity index (χ1n) is 6.20. The molecular formula is C13H14N2O3S. The summed E-state index contributed by atoms with van der Waals surface area (Å²) in [5.41, 5.74) is 0.990. The van der Waals surface area contributed by atoms with Crippen molar-refractivity contribution in [1.82, 2.24) is 4.98 Å². The second kappa shape index (κ2) is 4.79. The van der Waals surface area contributed by atoms with E-state index in [0.29, 0.717) is 0 Å². The summed E-state index contributed by atoms with van der Waals surface area (Å²) in [6.45, 7) is 1.60. The zero-order valence-electron chi connectivity index (χ0n) is 10.2. The van der Waals surface area contributed by atoms with E-state index in [0.717, 1.165) is 41.3 Å². The number of benzene rings is 1. The molecule has 0 atom stereocenters. The molecule has 1 aliphatic rings. The number of hydrogen-bond donors (Lipinski definition) is 2. The number of aliphatic hydroxyl groups excluding tert-OH is 1. The highest BCUT2D eigenvalue weighted by atomic mass is 32.1. The Morgan fingerprint density at radius 2 is 2.11 bits per heavy atom. The van der Waals surface area contributed by atoms with E-state index in [-0.39, 0.29) is 11.7 Å². The van der Waals surface area contributed by atoms with Crippen LogP contribution in [0.15, 0.2) is 18.2 Å². The first-order chi connectivity index (χ1) is 9.13. The molecule has 6 heteroatoms. The Morgan fingerprint density at radius 3 is 2.79 bits per heavy atom. The standard InChI is InChI=1S/C13H14N2O3S/c16-9-3-5-15(6-4-9)13-14-10-7-8(12(17)18)1-2-11(10)19-13/h1-2,7,9,16H,3-6H2,(H,17,18). The van der Waals surface area contributed by atoms with E-state index in [1.165, 1.54) is 0 Å². The van der Waals surface area contributed by atoms with Gasteiger partial charge >= 0.3 is 5.97 Å². The molecule has 1 saturated heterocycles. The number of rotatable bonds is 2. The fourth-order valence-electron chi connectivity index (χ4n) is 2.24. The number of carboxylic acid groups (broad SMARTS) is 1. The average Bonchev–Trinajstić information content (AvgIpc) is 2.82. The lowest BCUT2D eigenvalue weighted by molar-refractivity contribution is 0.0697. The van der Waals surface area contributed by atoms with E-state index in [1.807, 2.05) is 0 Å². The van der Waals surface area contributed by atoms with Crippen molar-refractivity contribution in [2.75, 3.05) is 18.0 Å². The van der Waals surface area contributed by atoms with Crippen LogP contribution < -0.4 is 4.90 Å². The van der Waals surface area contributed by atoms with Crippen molar-refractivity contribution in [3.05, 3.63) is 23.8 Å². The van der Waals surface area contributed by atoms with Crippen molar-refractivity contribution < 1.29 is 15.0 Å². The number of nitrogens with zero attached hydrogens (tertiary/aromatic N) is 2. The number of anilines is 1. The van der Waals surface area contributed by atoms with Crippen LogP contribution in [-0.2, 0) is 0 Å². The molecule has 1 aromatic heterocycles. The van der Waals surface area contributed by atoms with Crippen LogP contribution in [0.25, 0.3) is 10.2 Å². The number of hydrogen-bond acceptors (Lipinski definition) is 5. The van der Waals surface area contributed by atoms with Crippen molar-refractivity contribution in [3.63, 3.8) is 0 Å². The van der Waals surface area contributed by atoms with Gasteiger partial charge in [-0.05, 0) is 31.0 Å². The van der Waals surface area contributed by atoms with E-state index < -0.39 is 5.97 Å². The molecule has 0 spiro atoms. The van der Waals surface area contributed by atoms with Gasteiger partial charge in [-0.3, -0.25) is 0 Å². The minimum absolute atomic E-state index is 0.204. The summed E-state index contributed by atoms with van der Waals surface area (Å²) in [6.07, 6.45) is 1.32. The average molecular weight is 278 g/mol.